The van der Waals surface area contributed by atoms with E-state index in [0.29, 0.717) is 10.6 Å². The second-order valence-electron chi connectivity index (χ2n) is 5.48. The van der Waals surface area contributed by atoms with Gasteiger partial charge in [0.2, 0.25) is 0 Å². The molecule has 3 rings (SSSR count). The summed E-state index contributed by atoms with van der Waals surface area (Å²) in [4.78, 5) is 26.0. The second kappa shape index (κ2) is 7.73. The van der Waals surface area contributed by atoms with Crippen LogP contribution in [0.3, 0.4) is 0 Å². The molecular weight excluding hydrogens is 370 g/mol. The lowest BCUT2D eigenvalue weighted by molar-refractivity contribution is 0.0920. The van der Waals surface area contributed by atoms with Crippen LogP contribution in [-0.4, -0.2) is 43.2 Å². The summed E-state index contributed by atoms with van der Waals surface area (Å²) in [6, 6.07) is 3.87. The maximum absolute atomic E-state index is 13.1. The molecule has 0 aliphatic carbocycles. The molecule has 3 aromatic rings. The standard InChI is InChI=1S/C18H18ClN5O3/c1-11(10-25)21-17(26)15-7-16(12-3-5-13(19)6-4-12)22-24(18(15)27)14-8-20-23(2)9-14/h3-9,11,25H,10H2,1-2H3,(H,21,26)/t11-/m0/s1/i1D3,10D2,11D. The van der Waals surface area contributed by atoms with Crippen LogP contribution in [0.4, 0.5) is 0 Å². The summed E-state index contributed by atoms with van der Waals surface area (Å²) in [5.74, 6) is -1.39. The number of hydrogen-bond donors (Lipinski definition) is 2. The number of benzene rings is 1. The molecule has 0 fully saturated rings. The first-order chi connectivity index (χ1) is 15.1. The van der Waals surface area contributed by atoms with Crippen molar-refractivity contribution < 1.29 is 18.1 Å². The van der Waals surface area contributed by atoms with E-state index in [-0.39, 0.29) is 11.4 Å². The number of aliphatic hydroxyl groups is 1. The Morgan fingerprint density at radius 3 is 2.81 bits per heavy atom. The molecule has 9 heteroatoms. The minimum atomic E-state index is -3.66. The van der Waals surface area contributed by atoms with Crippen molar-refractivity contribution in [1.82, 2.24) is 24.9 Å². The van der Waals surface area contributed by atoms with Gasteiger partial charge in [-0.2, -0.15) is 14.9 Å². The van der Waals surface area contributed by atoms with Gasteiger partial charge in [0.1, 0.15) is 11.3 Å². The Bertz CT molecular complexity index is 1240. The van der Waals surface area contributed by atoms with Gasteiger partial charge in [0.15, 0.2) is 0 Å². The number of hydrogen-bond acceptors (Lipinski definition) is 5. The van der Waals surface area contributed by atoms with E-state index in [2.05, 4.69) is 10.2 Å². The summed E-state index contributed by atoms with van der Waals surface area (Å²) in [5, 5.41) is 20.0. The molecule has 0 unspecified atom stereocenters. The molecule has 0 spiro atoms. The quantitative estimate of drug-likeness (QED) is 0.682. The lowest BCUT2D eigenvalue weighted by Gasteiger charge is -2.13. The van der Waals surface area contributed by atoms with E-state index in [4.69, 9.17) is 19.8 Å². The number of amides is 1. The average molecular weight is 394 g/mol. The topological polar surface area (TPSA) is 102 Å². The van der Waals surface area contributed by atoms with Gasteiger partial charge in [-0.05, 0) is 25.1 Å². The monoisotopic (exact) mass is 393 g/mol. The molecule has 0 bridgehead atoms. The molecule has 8 nitrogen and oxygen atoms in total. The molecule has 27 heavy (non-hydrogen) atoms. The van der Waals surface area contributed by atoms with Crippen LogP contribution in [0.2, 0.25) is 5.02 Å². The third kappa shape index (κ3) is 4.07. The predicted molar refractivity (Wildman–Crippen MR) is 101 cm³/mol. The van der Waals surface area contributed by atoms with Gasteiger partial charge >= 0.3 is 0 Å². The van der Waals surface area contributed by atoms with Crippen molar-refractivity contribution in [1.29, 1.82) is 0 Å². The van der Waals surface area contributed by atoms with Gasteiger partial charge in [0, 0.05) is 27.8 Å². The molecule has 2 N–H and O–H groups in total. The van der Waals surface area contributed by atoms with E-state index in [1.54, 1.807) is 36.6 Å². The van der Waals surface area contributed by atoms with Crippen LogP contribution in [0.25, 0.3) is 16.9 Å². The van der Waals surface area contributed by atoms with Gasteiger partial charge < -0.3 is 10.4 Å². The summed E-state index contributed by atoms with van der Waals surface area (Å²) in [5.41, 5.74) is -0.848. The number of aromatic nitrogens is 4. The number of halogens is 1. The molecule has 0 aliphatic rings. The van der Waals surface area contributed by atoms with Gasteiger partial charge in [-0.15, -0.1) is 0 Å². The zero-order valence-corrected chi connectivity index (χ0v) is 14.7. The molecule has 2 aromatic heterocycles. The van der Waals surface area contributed by atoms with Crippen LogP contribution >= 0.6 is 11.6 Å². The van der Waals surface area contributed by atoms with E-state index in [1.165, 1.54) is 17.1 Å². The van der Waals surface area contributed by atoms with Gasteiger partial charge in [-0.1, -0.05) is 23.7 Å². The van der Waals surface area contributed by atoms with Gasteiger partial charge in [-0.3, -0.25) is 14.3 Å². The minimum absolute atomic E-state index is 0.122. The fourth-order valence-corrected chi connectivity index (χ4v) is 2.45. The Morgan fingerprint density at radius 1 is 1.48 bits per heavy atom. The molecule has 1 amide bonds. The number of aryl methyl sites for hydroxylation is 1. The van der Waals surface area contributed by atoms with Crippen molar-refractivity contribution in [3.63, 3.8) is 0 Å². The fraction of sp³-hybridized carbons (Fsp3) is 0.222. The lowest BCUT2D eigenvalue weighted by Crippen LogP contribution is -2.39. The third-order valence-corrected chi connectivity index (χ3v) is 3.83. The summed E-state index contributed by atoms with van der Waals surface area (Å²) in [7, 11) is 1.60. The molecule has 0 saturated carbocycles. The van der Waals surface area contributed by atoms with Gasteiger partial charge in [0.05, 0.1) is 28.8 Å². The average Bonchev–Trinajstić information content (AvgIpc) is 3.13. The van der Waals surface area contributed by atoms with E-state index in [1.807, 2.05) is 0 Å². The lowest BCUT2D eigenvalue weighted by atomic mass is 10.1. The smallest absolute Gasteiger partial charge is 0.284 e. The molecule has 1 aromatic carbocycles. The summed E-state index contributed by atoms with van der Waals surface area (Å²) < 4.78 is 47.3. The predicted octanol–water partition coefficient (Wildman–Crippen LogP) is 1.40. The fourth-order valence-electron chi connectivity index (χ4n) is 2.32. The highest BCUT2D eigenvalue weighted by Crippen LogP contribution is 2.20. The highest BCUT2D eigenvalue weighted by atomic mass is 35.5. The van der Waals surface area contributed by atoms with Crippen molar-refractivity contribution >= 4 is 17.5 Å². The minimum Gasteiger partial charge on any atom is -0.394 e. The zero-order chi connectivity index (χ0) is 24.8. The first-order valence-corrected chi connectivity index (χ1v) is 7.96. The van der Waals surface area contributed by atoms with Crippen molar-refractivity contribution in [2.45, 2.75) is 12.9 Å². The van der Waals surface area contributed by atoms with Crippen molar-refractivity contribution in [2.75, 3.05) is 6.56 Å². The van der Waals surface area contributed by atoms with E-state index >= 15 is 0 Å². The van der Waals surface area contributed by atoms with Crippen LogP contribution in [0.15, 0.2) is 47.5 Å². The summed E-state index contributed by atoms with van der Waals surface area (Å²) in [6.45, 7) is -7.14. The third-order valence-electron chi connectivity index (χ3n) is 3.58. The van der Waals surface area contributed by atoms with Crippen LogP contribution in [-0.2, 0) is 7.05 Å². The van der Waals surface area contributed by atoms with Gasteiger partial charge in [-0.25, -0.2) is 0 Å². The highest BCUT2D eigenvalue weighted by molar-refractivity contribution is 6.30. The van der Waals surface area contributed by atoms with Crippen LogP contribution in [0, 0.1) is 0 Å². The molecule has 0 saturated heterocycles. The molecule has 140 valence electrons. The Kier molecular flexibility index (Phi) is 3.56. The highest BCUT2D eigenvalue weighted by Gasteiger charge is 2.19. The summed E-state index contributed by atoms with van der Waals surface area (Å²) >= 11 is 5.91. The molecule has 1 atom stereocenters. The van der Waals surface area contributed by atoms with E-state index in [0.717, 1.165) is 10.7 Å². The Hall–Kier alpha value is -2.97. The number of carbonyl (C=O) groups is 1. The van der Waals surface area contributed by atoms with E-state index < -0.39 is 36.5 Å². The van der Waals surface area contributed by atoms with Gasteiger partial charge in [0.25, 0.3) is 11.5 Å². The second-order valence-corrected chi connectivity index (χ2v) is 5.92. The number of nitrogens with one attached hydrogen (secondary N) is 1. The van der Waals surface area contributed by atoms with Crippen LogP contribution in [0.5, 0.6) is 0 Å². The number of nitrogens with zero attached hydrogens (tertiary/aromatic N) is 4. The van der Waals surface area contributed by atoms with Crippen LogP contribution in [0.1, 0.15) is 25.4 Å². The largest absolute Gasteiger partial charge is 0.394 e. The Balaban J connectivity index is 2.20. The zero-order valence-electron chi connectivity index (χ0n) is 20.0. The van der Waals surface area contributed by atoms with Crippen molar-refractivity contribution in [3.8, 4) is 16.9 Å². The van der Waals surface area contributed by atoms with E-state index in [9.17, 15) is 14.7 Å². The maximum atomic E-state index is 13.1. The van der Waals surface area contributed by atoms with Crippen molar-refractivity contribution in [2.24, 2.45) is 7.05 Å². The number of rotatable bonds is 5. The molecular formula is C18H18ClN5O3. The van der Waals surface area contributed by atoms with Crippen molar-refractivity contribution in [3.05, 3.63) is 63.7 Å². The Labute approximate surface area is 168 Å². The van der Waals surface area contributed by atoms with Crippen LogP contribution < -0.4 is 10.9 Å². The Morgan fingerprint density at radius 2 is 2.22 bits per heavy atom. The maximum Gasteiger partial charge on any atom is 0.284 e. The SMILES string of the molecule is [2H]C([2H])([2H])[C@]([2H])(NC(=O)c1cc(-c2ccc(Cl)cc2)nn(-c2cnn(C)c2)c1=O)C([2H])([2H])O. The first kappa shape index (κ1) is 12.4. The normalized spacial score (nSPS) is 17.4. The first-order valence-electron chi connectivity index (χ1n) is 10.6. The molecule has 0 aliphatic heterocycles. The molecule has 2 heterocycles. The number of carbonyl (C=O) groups excluding carboxylic acids is 1. The molecule has 0 radical (unpaired) electrons. The summed E-state index contributed by atoms with van der Waals surface area (Å²) in [6.07, 6.45) is 2.76.